The Balaban J connectivity index is 1.06. The highest BCUT2D eigenvalue weighted by Gasteiger charge is 2.61. The first-order valence-electron chi connectivity index (χ1n) is 20.3. The van der Waals surface area contributed by atoms with Gasteiger partial charge in [-0.1, -0.05) is 121 Å². The molecule has 4 saturated carbocycles. The third-order valence-corrected chi connectivity index (χ3v) is 14.4. The summed E-state index contributed by atoms with van der Waals surface area (Å²) in [5.74, 6) is 4.09. The van der Waals surface area contributed by atoms with Crippen LogP contribution in [0.2, 0.25) is 0 Å². The largest absolute Gasteiger partial charge is 0.309 e. The lowest BCUT2D eigenvalue weighted by molar-refractivity contribution is -0.0399. The summed E-state index contributed by atoms with van der Waals surface area (Å²) in [5.41, 5.74) is 14.1. The van der Waals surface area contributed by atoms with Gasteiger partial charge in [-0.25, -0.2) is 9.97 Å². The first-order chi connectivity index (χ1) is 27.3. The lowest BCUT2D eigenvalue weighted by Gasteiger charge is -2.61. The fourth-order valence-electron chi connectivity index (χ4n) is 12.6. The van der Waals surface area contributed by atoms with Gasteiger partial charge in [-0.3, -0.25) is 0 Å². The first kappa shape index (κ1) is 30.3. The lowest BCUT2D eigenvalue weighted by Crippen LogP contribution is -2.55. The molecule has 2 heterocycles. The molecule has 262 valence electrons. The lowest BCUT2D eigenvalue weighted by atomic mass is 9.43. The predicted octanol–water partition coefficient (Wildman–Crippen LogP) is 12.9. The molecule has 5 aliphatic rings. The molecule has 7 aromatic carbocycles. The summed E-state index contributed by atoms with van der Waals surface area (Å²) in [5, 5.41) is 6.15. The summed E-state index contributed by atoms with van der Waals surface area (Å²) in [7, 11) is 0. The van der Waals surface area contributed by atoms with Gasteiger partial charge in [-0.05, 0) is 114 Å². The minimum Gasteiger partial charge on any atom is -0.309 e. The standard InChI is InChI=1S/C52H39N3/c1-2-12-33(13-3-1)50-40-17-7-10-20-44(40)53-51(54-50)38-22-24-46(37-15-5-4-14-36(37)38)55-45-21-11-8-18-41(45)49-47(55)25-23-43-48(49)39-16-6-9-19-42(39)52(43)34-27-31-26-32(29-34)30-35(52)28-31/h1-25,31-32,34-35H,26-30H2. The van der Waals surface area contributed by atoms with Crippen LogP contribution in [0, 0.1) is 23.7 Å². The van der Waals surface area contributed by atoms with Gasteiger partial charge in [0, 0.05) is 38.1 Å². The zero-order valence-electron chi connectivity index (χ0n) is 30.6. The Morgan fingerprint density at radius 2 is 1.15 bits per heavy atom. The number of aromatic nitrogens is 3. The number of hydrogen-bond acceptors (Lipinski definition) is 2. The van der Waals surface area contributed by atoms with E-state index in [-0.39, 0.29) is 5.41 Å². The maximum Gasteiger partial charge on any atom is 0.161 e. The molecule has 0 amide bonds. The van der Waals surface area contributed by atoms with Crippen molar-refractivity contribution in [2.45, 2.75) is 37.5 Å². The van der Waals surface area contributed by atoms with Crippen molar-refractivity contribution in [1.82, 2.24) is 14.5 Å². The third kappa shape index (κ3) is 3.96. The average molecular weight is 706 g/mol. The van der Waals surface area contributed by atoms with Crippen LogP contribution in [-0.4, -0.2) is 14.5 Å². The second-order valence-corrected chi connectivity index (χ2v) is 16.9. The second kappa shape index (κ2) is 11.0. The molecule has 0 radical (unpaired) electrons. The number of nitrogens with zero attached hydrogens (tertiary/aromatic N) is 3. The van der Waals surface area contributed by atoms with E-state index in [0.29, 0.717) is 0 Å². The van der Waals surface area contributed by atoms with Gasteiger partial charge in [0.15, 0.2) is 5.82 Å². The molecule has 1 spiro atoms. The highest BCUT2D eigenvalue weighted by atomic mass is 15.0. The Labute approximate surface area is 320 Å². The molecule has 2 aromatic heterocycles. The quantitative estimate of drug-likeness (QED) is 0.183. The van der Waals surface area contributed by atoms with Gasteiger partial charge < -0.3 is 4.57 Å². The molecule has 5 aliphatic carbocycles. The van der Waals surface area contributed by atoms with Crippen molar-refractivity contribution < 1.29 is 0 Å². The molecule has 55 heavy (non-hydrogen) atoms. The van der Waals surface area contributed by atoms with Crippen molar-refractivity contribution in [3.05, 3.63) is 163 Å². The van der Waals surface area contributed by atoms with E-state index in [4.69, 9.17) is 9.97 Å². The molecular weight excluding hydrogens is 667 g/mol. The molecular formula is C52H39N3. The van der Waals surface area contributed by atoms with Crippen LogP contribution in [0.3, 0.4) is 0 Å². The Kier molecular flexibility index (Phi) is 6.06. The number of para-hydroxylation sites is 2. The first-order valence-corrected chi connectivity index (χ1v) is 20.3. The Morgan fingerprint density at radius 1 is 0.473 bits per heavy atom. The van der Waals surface area contributed by atoms with Gasteiger partial charge in [0.1, 0.15) is 0 Å². The molecule has 4 bridgehead atoms. The molecule has 0 atom stereocenters. The third-order valence-electron chi connectivity index (χ3n) is 14.4. The topological polar surface area (TPSA) is 30.7 Å². The van der Waals surface area contributed by atoms with Crippen LogP contribution in [0.25, 0.3) is 82.9 Å². The average Bonchev–Trinajstić information content (AvgIpc) is 3.73. The van der Waals surface area contributed by atoms with Crippen molar-refractivity contribution in [2.24, 2.45) is 23.7 Å². The summed E-state index contributed by atoms with van der Waals surface area (Å²) in [6.07, 6.45) is 7.05. The summed E-state index contributed by atoms with van der Waals surface area (Å²) in [6.45, 7) is 0. The van der Waals surface area contributed by atoms with Crippen molar-refractivity contribution in [1.29, 1.82) is 0 Å². The molecule has 3 heteroatoms. The predicted molar refractivity (Wildman–Crippen MR) is 226 cm³/mol. The van der Waals surface area contributed by atoms with Crippen LogP contribution in [0.1, 0.15) is 43.2 Å². The van der Waals surface area contributed by atoms with E-state index in [1.165, 1.54) is 76.1 Å². The van der Waals surface area contributed by atoms with E-state index < -0.39 is 0 Å². The maximum absolute atomic E-state index is 5.30. The summed E-state index contributed by atoms with van der Waals surface area (Å²) in [4.78, 5) is 10.5. The molecule has 0 saturated heterocycles. The molecule has 9 aromatic rings. The summed E-state index contributed by atoms with van der Waals surface area (Å²) >= 11 is 0. The summed E-state index contributed by atoms with van der Waals surface area (Å²) < 4.78 is 2.54. The molecule has 4 fully saturated rings. The van der Waals surface area contributed by atoms with Crippen LogP contribution in [0.15, 0.2) is 152 Å². The highest BCUT2D eigenvalue weighted by Crippen LogP contribution is 2.70. The number of fused-ring (bicyclic) bond motifs is 9. The highest BCUT2D eigenvalue weighted by molar-refractivity contribution is 6.19. The summed E-state index contributed by atoms with van der Waals surface area (Å²) in [6, 6.07) is 56.0. The molecule has 0 N–H and O–H groups in total. The van der Waals surface area contributed by atoms with Crippen molar-refractivity contribution in [2.75, 3.05) is 0 Å². The van der Waals surface area contributed by atoms with Crippen LogP contribution in [-0.2, 0) is 5.41 Å². The van der Waals surface area contributed by atoms with E-state index in [1.54, 1.807) is 11.1 Å². The Morgan fingerprint density at radius 3 is 1.96 bits per heavy atom. The molecule has 0 unspecified atom stereocenters. The minimum absolute atomic E-state index is 0.142. The SMILES string of the molecule is c1ccc(-c2nc(-c3ccc(-n4c5ccccc5c5c6c(ccc54)C4(c5ccccc5-6)C5CC6CC(C5)CC4C6)c4ccccc34)nc3ccccc23)cc1. The fraction of sp³-hybridized carbons (Fsp3) is 0.192. The van der Waals surface area contributed by atoms with Crippen LogP contribution < -0.4 is 0 Å². The zero-order valence-corrected chi connectivity index (χ0v) is 30.6. The molecule has 3 nitrogen and oxygen atoms in total. The monoisotopic (exact) mass is 705 g/mol. The van der Waals surface area contributed by atoms with Gasteiger partial charge in [-0.2, -0.15) is 0 Å². The minimum atomic E-state index is 0.142. The molecule has 14 rings (SSSR count). The second-order valence-electron chi connectivity index (χ2n) is 16.9. The van der Waals surface area contributed by atoms with E-state index in [0.717, 1.165) is 62.6 Å². The number of rotatable bonds is 3. The number of benzene rings is 7. The zero-order chi connectivity index (χ0) is 35.8. The van der Waals surface area contributed by atoms with Crippen molar-refractivity contribution >= 4 is 43.5 Å². The Hall–Kier alpha value is -6.06. The smallest absolute Gasteiger partial charge is 0.161 e. The van der Waals surface area contributed by atoms with E-state index in [9.17, 15) is 0 Å². The van der Waals surface area contributed by atoms with E-state index in [2.05, 4.69) is 156 Å². The van der Waals surface area contributed by atoms with Gasteiger partial charge in [0.25, 0.3) is 0 Å². The Bertz CT molecular complexity index is 3030. The molecule has 0 aliphatic heterocycles. The van der Waals surface area contributed by atoms with Crippen LogP contribution >= 0.6 is 0 Å². The van der Waals surface area contributed by atoms with Gasteiger partial charge in [0.2, 0.25) is 0 Å². The van der Waals surface area contributed by atoms with E-state index >= 15 is 0 Å². The van der Waals surface area contributed by atoms with Gasteiger partial charge >= 0.3 is 0 Å². The van der Waals surface area contributed by atoms with Gasteiger partial charge in [0.05, 0.1) is 27.9 Å². The fourth-order valence-corrected chi connectivity index (χ4v) is 12.6. The number of hydrogen-bond donors (Lipinski definition) is 0. The normalized spacial score (nSPS) is 23.3. The van der Waals surface area contributed by atoms with Crippen molar-refractivity contribution in [3.63, 3.8) is 0 Å². The maximum atomic E-state index is 5.30. The van der Waals surface area contributed by atoms with Crippen LogP contribution in [0.4, 0.5) is 0 Å². The van der Waals surface area contributed by atoms with E-state index in [1.807, 2.05) is 0 Å². The van der Waals surface area contributed by atoms with Gasteiger partial charge in [-0.15, -0.1) is 0 Å². The van der Waals surface area contributed by atoms with Crippen molar-refractivity contribution in [3.8, 4) is 39.5 Å². The van der Waals surface area contributed by atoms with Crippen LogP contribution in [0.5, 0.6) is 0 Å².